The molecule has 0 radical (unpaired) electrons. The van der Waals surface area contributed by atoms with Crippen LogP contribution in [0.3, 0.4) is 0 Å². The summed E-state index contributed by atoms with van der Waals surface area (Å²) in [4.78, 5) is 4.88. The first-order chi connectivity index (χ1) is 10.2. The van der Waals surface area contributed by atoms with Crippen LogP contribution in [0.2, 0.25) is 0 Å². The molecule has 2 aromatic carbocycles. The first kappa shape index (κ1) is 12.5. The molecule has 1 saturated carbocycles. The zero-order valence-corrected chi connectivity index (χ0v) is 12.2. The maximum atomic E-state index is 5.77. The maximum absolute atomic E-state index is 5.77. The molecule has 0 amide bonds. The third-order valence-electron chi connectivity index (χ3n) is 4.17. The minimum Gasteiger partial charge on any atom is -0.399 e. The Balaban J connectivity index is 1.79. The van der Waals surface area contributed by atoms with Crippen LogP contribution in [0.5, 0.6) is 0 Å². The van der Waals surface area contributed by atoms with E-state index in [0.717, 1.165) is 17.6 Å². The fourth-order valence-electron chi connectivity index (χ4n) is 2.94. The molecule has 0 spiro atoms. The van der Waals surface area contributed by atoms with Gasteiger partial charge in [0, 0.05) is 18.2 Å². The number of hydrogen-bond acceptors (Lipinski definition) is 2. The molecule has 0 atom stereocenters. The second-order valence-electron chi connectivity index (χ2n) is 6.04. The summed E-state index contributed by atoms with van der Waals surface area (Å²) in [5.74, 6) is 1.17. The Kier molecular flexibility index (Phi) is 2.74. The van der Waals surface area contributed by atoms with Gasteiger partial charge in [-0.2, -0.15) is 0 Å². The second kappa shape index (κ2) is 4.62. The lowest BCUT2D eigenvalue weighted by Crippen LogP contribution is -2.02. The zero-order chi connectivity index (χ0) is 14.4. The van der Waals surface area contributed by atoms with Crippen LogP contribution in [0.15, 0.2) is 42.5 Å². The Hall–Kier alpha value is -2.29. The largest absolute Gasteiger partial charge is 0.399 e. The molecule has 1 fully saturated rings. The summed E-state index contributed by atoms with van der Waals surface area (Å²) in [5, 5.41) is 0. The van der Waals surface area contributed by atoms with Crippen molar-refractivity contribution >= 4 is 16.7 Å². The van der Waals surface area contributed by atoms with Crippen LogP contribution in [-0.2, 0) is 6.42 Å². The van der Waals surface area contributed by atoms with E-state index < -0.39 is 0 Å². The first-order valence-corrected chi connectivity index (χ1v) is 7.52. The Morgan fingerprint density at radius 3 is 2.62 bits per heavy atom. The molecule has 1 aromatic heterocycles. The van der Waals surface area contributed by atoms with E-state index in [0.29, 0.717) is 6.04 Å². The van der Waals surface area contributed by atoms with Gasteiger partial charge in [0.1, 0.15) is 5.82 Å². The molecule has 106 valence electrons. The van der Waals surface area contributed by atoms with Gasteiger partial charge in [-0.3, -0.25) is 0 Å². The number of nitrogen functional groups attached to an aromatic ring is 1. The Bertz CT molecular complexity index is 795. The van der Waals surface area contributed by atoms with Crippen molar-refractivity contribution in [1.82, 2.24) is 9.55 Å². The van der Waals surface area contributed by atoms with Crippen molar-refractivity contribution < 1.29 is 0 Å². The zero-order valence-electron chi connectivity index (χ0n) is 12.2. The highest BCUT2D eigenvalue weighted by atomic mass is 15.1. The van der Waals surface area contributed by atoms with E-state index in [-0.39, 0.29) is 0 Å². The number of aryl methyl sites for hydroxylation is 1. The molecule has 4 rings (SSSR count). The summed E-state index contributed by atoms with van der Waals surface area (Å²) in [5.41, 5.74) is 11.5. The quantitative estimate of drug-likeness (QED) is 0.739. The Labute approximate surface area is 124 Å². The predicted octanol–water partition coefficient (Wildman–Crippen LogP) is 3.85. The van der Waals surface area contributed by atoms with Crippen molar-refractivity contribution in [2.45, 2.75) is 32.2 Å². The number of fused-ring (bicyclic) bond motifs is 1. The molecule has 3 heteroatoms. The number of anilines is 1. The molecule has 1 heterocycles. The van der Waals surface area contributed by atoms with E-state index in [1.54, 1.807) is 0 Å². The average molecular weight is 277 g/mol. The van der Waals surface area contributed by atoms with Crippen molar-refractivity contribution in [3.63, 3.8) is 0 Å². The Morgan fingerprint density at radius 1 is 1.14 bits per heavy atom. The van der Waals surface area contributed by atoms with Gasteiger partial charge in [0.15, 0.2) is 0 Å². The molecular weight excluding hydrogens is 258 g/mol. The maximum Gasteiger partial charge on any atom is 0.114 e. The number of imidazole rings is 1. The van der Waals surface area contributed by atoms with Gasteiger partial charge in [0.05, 0.1) is 11.0 Å². The van der Waals surface area contributed by atoms with E-state index in [1.165, 1.54) is 35.3 Å². The van der Waals surface area contributed by atoms with E-state index in [2.05, 4.69) is 41.8 Å². The molecular formula is C18H19N3. The molecule has 0 aliphatic heterocycles. The van der Waals surface area contributed by atoms with Gasteiger partial charge in [-0.25, -0.2) is 4.98 Å². The summed E-state index contributed by atoms with van der Waals surface area (Å²) in [6.07, 6.45) is 3.41. The Morgan fingerprint density at radius 2 is 1.90 bits per heavy atom. The second-order valence-corrected chi connectivity index (χ2v) is 6.04. The number of hydrogen-bond donors (Lipinski definition) is 1. The normalized spacial score (nSPS) is 14.7. The molecule has 1 aliphatic carbocycles. The van der Waals surface area contributed by atoms with Crippen LogP contribution in [0, 0.1) is 6.92 Å². The summed E-state index contributed by atoms with van der Waals surface area (Å²) >= 11 is 0. The van der Waals surface area contributed by atoms with E-state index in [9.17, 15) is 0 Å². The van der Waals surface area contributed by atoms with Gasteiger partial charge < -0.3 is 10.3 Å². The third kappa shape index (κ3) is 2.29. The molecule has 3 aromatic rings. The van der Waals surface area contributed by atoms with Crippen molar-refractivity contribution in [1.29, 1.82) is 0 Å². The summed E-state index contributed by atoms with van der Waals surface area (Å²) in [6.45, 7) is 2.12. The van der Waals surface area contributed by atoms with Gasteiger partial charge in [-0.1, -0.05) is 18.2 Å². The standard InChI is InChI=1S/C18H19N3/c1-12-2-9-17-16(10-12)20-18(21(17)15-7-8-15)11-13-3-5-14(19)6-4-13/h2-6,9-10,15H,7-8,11,19H2,1H3. The number of benzene rings is 2. The van der Waals surface area contributed by atoms with Crippen LogP contribution in [0.1, 0.15) is 35.8 Å². The van der Waals surface area contributed by atoms with Crippen LogP contribution in [-0.4, -0.2) is 9.55 Å². The van der Waals surface area contributed by atoms with Crippen LogP contribution in [0.4, 0.5) is 5.69 Å². The van der Waals surface area contributed by atoms with Gasteiger partial charge in [-0.15, -0.1) is 0 Å². The highest BCUT2D eigenvalue weighted by Crippen LogP contribution is 2.39. The molecule has 3 nitrogen and oxygen atoms in total. The smallest absolute Gasteiger partial charge is 0.114 e. The van der Waals surface area contributed by atoms with Gasteiger partial charge in [0.2, 0.25) is 0 Å². The van der Waals surface area contributed by atoms with Crippen molar-refractivity contribution in [3.05, 3.63) is 59.4 Å². The molecule has 0 bridgehead atoms. The SMILES string of the molecule is Cc1ccc2c(c1)nc(Cc1ccc(N)cc1)n2C1CC1. The number of aromatic nitrogens is 2. The van der Waals surface area contributed by atoms with Gasteiger partial charge in [0.25, 0.3) is 0 Å². The molecule has 21 heavy (non-hydrogen) atoms. The number of rotatable bonds is 3. The van der Waals surface area contributed by atoms with Crippen LogP contribution >= 0.6 is 0 Å². The fourth-order valence-corrected chi connectivity index (χ4v) is 2.94. The van der Waals surface area contributed by atoms with Crippen LogP contribution in [0.25, 0.3) is 11.0 Å². The lowest BCUT2D eigenvalue weighted by Gasteiger charge is -2.08. The molecule has 0 unspecified atom stereocenters. The first-order valence-electron chi connectivity index (χ1n) is 7.52. The van der Waals surface area contributed by atoms with E-state index >= 15 is 0 Å². The number of nitrogens with two attached hydrogens (primary N) is 1. The minimum atomic E-state index is 0.640. The minimum absolute atomic E-state index is 0.640. The topological polar surface area (TPSA) is 43.8 Å². The molecule has 0 saturated heterocycles. The summed E-state index contributed by atoms with van der Waals surface area (Å²) < 4.78 is 2.44. The predicted molar refractivity (Wildman–Crippen MR) is 86.4 cm³/mol. The highest BCUT2D eigenvalue weighted by molar-refractivity contribution is 5.77. The molecule has 2 N–H and O–H groups in total. The van der Waals surface area contributed by atoms with Crippen molar-refractivity contribution in [2.75, 3.05) is 5.73 Å². The number of nitrogens with zero attached hydrogens (tertiary/aromatic N) is 2. The monoisotopic (exact) mass is 277 g/mol. The third-order valence-corrected chi connectivity index (χ3v) is 4.17. The summed E-state index contributed by atoms with van der Waals surface area (Å²) in [7, 11) is 0. The van der Waals surface area contributed by atoms with Crippen molar-refractivity contribution in [3.8, 4) is 0 Å². The van der Waals surface area contributed by atoms with Crippen LogP contribution < -0.4 is 5.73 Å². The lowest BCUT2D eigenvalue weighted by molar-refractivity contribution is 0.715. The average Bonchev–Trinajstić information content (AvgIpc) is 3.23. The van der Waals surface area contributed by atoms with Gasteiger partial charge in [-0.05, 0) is 55.2 Å². The van der Waals surface area contributed by atoms with Crippen molar-refractivity contribution in [2.24, 2.45) is 0 Å². The summed E-state index contributed by atoms with van der Waals surface area (Å²) in [6, 6.07) is 15.3. The van der Waals surface area contributed by atoms with Gasteiger partial charge >= 0.3 is 0 Å². The van der Waals surface area contributed by atoms with E-state index in [1.807, 2.05) is 12.1 Å². The van der Waals surface area contributed by atoms with E-state index in [4.69, 9.17) is 10.7 Å². The molecule has 1 aliphatic rings. The lowest BCUT2D eigenvalue weighted by atomic mass is 10.1. The fraction of sp³-hybridized carbons (Fsp3) is 0.278. The highest BCUT2D eigenvalue weighted by Gasteiger charge is 2.28.